The Morgan fingerprint density at radius 1 is 1.10 bits per heavy atom. The van der Waals surface area contributed by atoms with Crippen LogP contribution in [0.4, 0.5) is 0 Å². The topological polar surface area (TPSA) is 78.5 Å². The van der Waals surface area contributed by atoms with Gasteiger partial charge in [0.25, 0.3) is 5.91 Å². The van der Waals surface area contributed by atoms with E-state index in [-0.39, 0.29) is 18.2 Å². The summed E-state index contributed by atoms with van der Waals surface area (Å²) < 4.78 is 18.3. The van der Waals surface area contributed by atoms with Crippen molar-refractivity contribution < 1.29 is 18.7 Å². The highest BCUT2D eigenvalue weighted by Gasteiger charge is 2.13. The number of nitrogens with one attached hydrogen (secondary N) is 1. The molecular formula is C22H21N3O4. The number of nitrogens with zero attached hydrogens (tertiary/aromatic N) is 2. The maximum Gasteiger partial charge on any atom is 0.287 e. The van der Waals surface area contributed by atoms with Gasteiger partial charge >= 0.3 is 0 Å². The first-order valence-electron chi connectivity index (χ1n) is 9.27. The number of hydrogen-bond donors (Lipinski definition) is 1. The molecule has 1 amide bonds. The predicted molar refractivity (Wildman–Crippen MR) is 108 cm³/mol. The molecule has 1 N–H and O–H groups in total. The molecule has 0 radical (unpaired) electrons. The molecular weight excluding hydrogens is 370 g/mol. The van der Waals surface area contributed by atoms with Crippen LogP contribution in [0.3, 0.4) is 0 Å². The molecule has 0 aliphatic rings. The fraction of sp³-hybridized carbons (Fsp3) is 0.182. The third kappa shape index (κ3) is 4.24. The minimum Gasteiger partial charge on any atom is -0.497 e. The van der Waals surface area contributed by atoms with Crippen molar-refractivity contribution >= 4 is 16.9 Å². The van der Waals surface area contributed by atoms with Crippen LogP contribution in [0.2, 0.25) is 0 Å². The van der Waals surface area contributed by atoms with E-state index in [1.165, 1.54) is 6.26 Å². The lowest BCUT2D eigenvalue weighted by atomic mass is 10.3. The average Bonchev–Trinajstić information content (AvgIpc) is 3.41. The Morgan fingerprint density at radius 2 is 1.97 bits per heavy atom. The average molecular weight is 391 g/mol. The van der Waals surface area contributed by atoms with Gasteiger partial charge in [-0.15, -0.1) is 0 Å². The summed E-state index contributed by atoms with van der Waals surface area (Å²) in [5.41, 5.74) is 1.86. The standard InChI is InChI=1S/C22H21N3O4/c1-27-16-6-4-7-17(14-16)28-13-11-25-19-9-3-2-8-18(19)24-21(25)15-23-22(26)20-10-5-12-29-20/h2-10,12,14H,11,13,15H2,1H3,(H,23,26). The van der Waals surface area contributed by atoms with E-state index in [4.69, 9.17) is 13.9 Å². The quantitative estimate of drug-likeness (QED) is 0.496. The molecule has 29 heavy (non-hydrogen) atoms. The van der Waals surface area contributed by atoms with Gasteiger partial charge in [-0.1, -0.05) is 18.2 Å². The van der Waals surface area contributed by atoms with E-state index in [0.29, 0.717) is 13.2 Å². The molecule has 0 bridgehead atoms. The van der Waals surface area contributed by atoms with Gasteiger partial charge in [-0.25, -0.2) is 4.98 Å². The summed E-state index contributed by atoms with van der Waals surface area (Å²) >= 11 is 0. The van der Waals surface area contributed by atoms with Crippen molar-refractivity contribution in [2.45, 2.75) is 13.1 Å². The number of rotatable bonds is 8. The van der Waals surface area contributed by atoms with Crippen LogP contribution in [0.5, 0.6) is 11.5 Å². The van der Waals surface area contributed by atoms with Crippen molar-refractivity contribution in [3.8, 4) is 11.5 Å². The van der Waals surface area contributed by atoms with E-state index in [1.54, 1.807) is 19.2 Å². The Morgan fingerprint density at radius 3 is 2.79 bits per heavy atom. The van der Waals surface area contributed by atoms with Crippen molar-refractivity contribution in [3.63, 3.8) is 0 Å². The maximum absolute atomic E-state index is 12.2. The highest BCUT2D eigenvalue weighted by atomic mass is 16.5. The van der Waals surface area contributed by atoms with Gasteiger partial charge < -0.3 is 23.8 Å². The summed E-state index contributed by atoms with van der Waals surface area (Å²) in [4.78, 5) is 16.8. The van der Waals surface area contributed by atoms with E-state index in [1.807, 2.05) is 48.5 Å². The Labute approximate surface area is 167 Å². The fourth-order valence-corrected chi connectivity index (χ4v) is 3.11. The maximum atomic E-state index is 12.2. The summed E-state index contributed by atoms with van der Waals surface area (Å²) in [6.07, 6.45) is 1.47. The summed E-state index contributed by atoms with van der Waals surface area (Å²) in [5, 5.41) is 2.85. The van der Waals surface area contributed by atoms with Crippen LogP contribution in [0, 0.1) is 0 Å². The lowest BCUT2D eigenvalue weighted by Gasteiger charge is -2.12. The smallest absolute Gasteiger partial charge is 0.287 e. The van der Waals surface area contributed by atoms with E-state index < -0.39 is 0 Å². The zero-order valence-corrected chi connectivity index (χ0v) is 16.0. The van der Waals surface area contributed by atoms with E-state index in [0.717, 1.165) is 28.4 Å². The number of amides is 1. The van der Waals surface area contributed by atoms with Crippen molar-refractivity contribution in [1.29, 1.82) is 0 Å². The Kier molecular flexibility index (Phi) is 5.47. The third-order valence-electron chi connectivity index (χ3n) is 4.51. The molecule has 7 nitrogen and oxygen atoms in total. The molecule has 0 saturated heterocycles. The van der Waals surface area contributed by atoms with E-state index in [9.17, 15) is 4.79 Å². The Bertz CT molecular complexity index is 1100. The molecule has 4 rings (SSSR count). The second-order valence-corrected chi connectivity index (χ2v) is 6.36. The summed E-state index contributed by atoms with van der Waals surface area (Å²) in [5.74, 6) is 2.23. The van der Waals surface area contributed by atoms with E-state index in [2.05, 4.69) is 14.9 Å². The van der Waals surface area contributed by atoms with Crippen molar-refractivity contribution in [1.82, 2.24) is 14.9 Å². The fourth-order valence-electron chi connectivity index (χ4n) is 3.11. The Hall–Kier alpha value is -3.74. The highest BCUT2D eigenvalue weighted by Crippen LogP contribution is 2.20. The number of imidazole rings is 1. The van der Waals surface area contributed by atoms with E-state index >= 15 is 0 Å². The number of carbonyl (C=O) groups is 1. The third-order valence-corrected chi connectivity index (χ3v) is 4.51. The molecule has 0 aliphatic carbocycles. The highest BCUT2D eigenvalue weighted by molar-refractivity contribution is 5.91. The Balaban J connectivity index is 1.48. The van der Waals surface area contributed by atoms with Crippen LogP contribution >= 0.6 is 0 Å². The summed E-state index contributed by atoms with van der Waals surface area (Å²) in [6, 6.07) is 18.7. The number of aromatic nitrogens is 2. The zero-order chi connectivity index (χ0) is 20.1. The van der Waals surface area contributed by atoms with Crippen molar-refractivity contribution in [2.24, 2.45) is 0 Å². The minimum atomic E-state index is -0.277. The number of furan rings is 1. The molecule has 0 atom stereocenters. The van der Waals surface area contributed by atoms with Gasteiger partial charge in [-0.3, -0.25) is 4.79 Å². The van der Waals surface area contributed by atoms with Gasteiger partial charge in [-0.2, -0.15) is 0 Å². The molecule has 0 aliphatic heterocycles. The largest absolute Gasteiger partial charge is 0.497 e. The number of para-hydroxylation sites is 2. The second-order valence-electron chi connectivity index (χ2n) is 6.36. The molecule has 0 unspecified atom stereocenters. The molecule has 7 heteroatoms. The molecule has 0 fully saturated rings. The predicted octanol–water partition coefficient (Wildman–Crippen LogP) is 3.65. The van der Waals surface area contributed by atoms with Crippen LogP contribution in [-0.2, 0) is 13.1 Å². The first-order valence-corrected chi connectivity index (χ1v) is 9.27. The number of ether oxygens (including phenoxy) is 2. The first-order chi connectivity index (χ1) is 14.2. The molecule has 2 aromatic heterocycles. The first kappa shape index (κ1) is 18.6. The van der Waals surface area contributed by atoms with Gasteiger partial charge in [0.15, 0.2) is 5.76 Å². The van der Waals surface area contributed by atoms with Gasteiger partial charge in [0.05, 0.1) is 37.5 Å². The van der Waals surface area contributed by atoms with Crippen molar-refractivity contribution in [3.05, 3.63) is 78.5 Å². The monoisotopic (exact) mass is 391 g/mol. The molecule has 0 saturated carbocycles. The molecule has 4 aromatic rings. The second kappa shape index (κ2) is 8.52. The van der Waals surface area contributed by atoms with Gasteiger partial charge in [-0.05, 0) is 36.4 Å². The van der Waals surface area contributed by atoms with Crippen LogP contribution < -0.4 is 14.8 Å². The molecule has 148 valence electrons. The zero-order valence-electron chi connectivity index (χ0n) is 16.0. The summed E-state index contributed by atoms with van der Waals surface area (Å²) in [7, 11) is 1.63. The minimum absolute atomic E-state index is 0.272. The van der Waals surface area contributed by atoms with Crippen LogP contribution in [0.25, 0.3) is 11.0 Å². The number of fused-ring (bicyclic) bond motifs is 1. The lowest BCUT2D eigenvalue weighted by molar-refractivity contribution is 0.0921. The lowest BCUT2D eigenvalue weighted by Crippen LogP contribution is -2.25. The van der Waals surface area contributed by atoms with Crippen LogP contribution in [-0.4, -0.2) is 29.2 Å². The molecule has 2 aromatic carbocycles. The number of benzene rings is 2. The SMILES string of the molecule is COc1cccc(OCCn2c(CNC(=O)c3ccco3)nc3ccccc32)c1. The normalized spacial score (nSPS) is 10.8. The summed E-state index contributed by atoms with van der Waals surface area (Å²) in [6.45, 7) is 1.32. The van der Waals surface area contributed by atoms with Gasteiger partial charge in [0.2, 0.25) is 0 Å². The van der Waals surface area contributed by atoms with Crippen molar-refractivity contribution in [2.75, 3.05) is 13.7 Å². The van der Waals surface area contributed by atoms with Crippen LogP contribution in [0.1, 0.15) is 16.4 Å². The van der Waals surface area contributed by atoms with Crippen LogP contribution in [0.15, 0.2) is 71.3 Å². The van der Waals surface area contributed by atoms with Gasteiger partial charge in [0, 0.05) is 6.07 Å². The molecule has 0 spiro atoms. The number of carbonyl (C=O) groups excluding carboxylic acids is 1. The number of hydrogen-bond acceptors (Lipinski definition) is 5. The van der Waals surface area contributed by atoms with Gasteiger partial charge in [0.1, 0.15) is 23.9 Å². The number of methoxy groups -OCH3 is 1. The molecule has 2 heterocycles.